The van der Waals surface area contributed by atoms with E-state index in [1.54, 1.807) is 29.2 Å². The molecule has 1 aliphatic heterocycles. The van der Waals surface area contributed by atoms with Gasteiger partial charge in [-0.15, -0.1) is 0 Å². The van der Waals surface area contributed by atoms with Crippen LogP contribution in [0.15, 0.2) is 43.0 Å². The number of hydrogen-bond donors (Lipinski definition) is 2. The molecule has 0 unspecified atom stereocenters. The van der Waals surface area contributed by atoms with Gasteiger partial charge in [0.1, 0.15) is 11.3 Å². The number of ether oxygens (including phenoxy) is 1. The summed E-state index contributed by atoms with van der Waals surface area (Å²) in [6, 6.07) is 6.22. The number of amides is 1. The molecule has 0 atom stereocenters. The number of aliphatic hydroxyl groups is 1. The van der Waals surface area contributed by atoms with E-state index in [1.807, 2.05) is 17.9 Å². The fraction of sp³-hybridized carbons (Fsp3) is 0.462. The number of anilines is 2. The van der Waals surface area contributed by atoms with Crippen LogP contribution in [0.25, 0.3) is 5.69 Å². The Balaban J connectivity index is 1.29. The zero-order valence-corrected chi connectivity index (χ0v) is 20.9. The van der Waals surface area contributed by atoms with Gasteiger partial charge < -0.3 is 24.6 Å². The van der Waals surface area contributed by atoms with E-state index in [4.69, 9.17) is 4.74 Å². The maximum Gasteiger partial charge on any atom is 0.433 e. The summed E-state index contributed by atoms with van der Waals surface area (Å²) in [5, 5.41) is 14.2. The molecule has 0 bridgehead atoms. The highest BCUT2D eigenvalue weighted by molar-refractivity contribution is 5.79. The Labute approximate surface area is 217 Å². The topological polar surface area (TPSA) is 105 Å². The summed E-state index contributed by atoms with van der Waals surface area (Å²) in [7, 11) is 0. The number of rotatable bonds is 5. The summed E-state index contributed by atoms with van der Waals surface area (Å²) in [6.07, 6.45) is 1.85. The van der Waals surface area contributed by atoms with Crippen molar-refractivity contribution in [1.82, 2.24) is 24.4 Å². The standard InChI is InChI=1S/C26H29F3N6O3/c1-17-12-19(32-24-30-7-4-21(33-24)26(27,28)29)14-20(13-17)35-15-22(31-16-35)25(37)5-2-18(3-6-25)23(36)34-8-10-38-11-9-34/h4,7,12-16,18,37H,2-3,5-6,8-11H2,1H3,(H,30,32,33). The third-order valence-corrected chi connectivity index (χ3v) is 7.11. The predicted molar refractivity (Wildman–Crippen MR) is 132 cm³/mol. The highest BCUT2D eigenvalue weighted by Gasteiger charge is 2.40. The number of carbonyl (C=O) groups is 1. The molecule has 0 radical (unpaired) electrons. The number of nitrogens with zero attached hydrogens (tertiary/aromatic N) is 5. The van der Waals surface area contributed by atoms with Crippen molar-refractivity contribution in [3.63, 3.8) is 0 Å². The largest absolute Gasteiger partial charge is 0.433 e. The minimum Gasteiger partial charge on any atom is -0.383 e. The van der Waals surface area contributed by atoms with Crippen LogP contribution in [-0.2, 0) is 21.3 Å². The lowest BCUT2D eigenvalue weighted by Crippen LogP contribution is -2.45. The van der Waals surface area contributed by atoms with Gasteiger partial charge in [-0.2, -0.15) is 13.2 Å². The second kappa shape index (κ2) is 10.3. The van der Waals surface area contributed by atoms with Gasteiger partial charge in [-0.3, -0.25) is 4.79 Å². The minimum absolute atomic E-state index is 0.112. The summed E-state index contributed by atoms with van der Waals surface area (Å²) in [4.78, 5) is 26.6. The number of alkyl halides is 3. The summed E-state index contributed by atoms with van der Waals surface area (Å²) in [6.45, 7) is 4.19. The quantitative estimate of drug-likeness (QED) is 0.514. The van der Waals surface area contributed by atoms with E-state index in [0.29, 0.717) is 69.1 Å². The molecule has 1 saturated carbocycles. The molecule has 2 N–H and O–H groups in total. The van der Waals surface area contributed by atoms with Gasteiger partial charge in [-0.25, -0.2) is 15.0 Å². The van der Waals surface area contributed by atoms with Gasteiger partial charge >= 0.3 is 6.18 Å². The molecule has 1 aromatic carbocycles. The number of benzene rings is 1. The molecule has 202 valence electrons. The summed E-state index contributed by atoms with van der Waals surface area (Å²) >= 11 is 0. The monoisotopic (exact) mass is 530 g/mol. The molecular weight excluding hydrogens is 501 g/mol. The minimum atomic E-state index is -4.57. The molecule has 1 aliphatic carbocycles. The number of morpholine rings is 1. The van der Waals surface area contributed by atoms with Gasteiger partial charge in [0.2, 0.25) is 11.9 Å². The van der Waals surface area contributed by atoms with E-state index < -0.39 is 17.5 Å². The van der Waals surface area contributed by atoms with Gasteiger partial charge in [0, 0.05) is 42.8 Å². The van der Waals surface area contributed by atoms with Gasteiger partial charge in [-0.1, -0.05) is 0 Å². The fourth-order valence-electron chi connectivity index (χ4n) is 5.03. The zero-order chi connectivity index (χ0) is 26.9. The van der Waals surface area contributed by atoms with E-state index in [9.17, 15) is 23.1 Å². The van der Waals surface area contributed by atoms with Crippen molar-refractivity contribution in [2.24, 2.45) is 5.92 Å². The molecule has 38 heavy (non-hydrogen) atoms. The molecule has 1 amide bonds. The van der Waals surface area contributed by atoms with E-state index in [1.165, 1.54) is 0 Å². The Morgan fingerprint density at radius 2 is 1.89 bits per heavy atom. The molecular formula is C26H29F3N6O3. The van der Waals surface area contributed by atoms with Gasteiger partial charge in [-0.05, 0) is 62.4 Å². The summed E-state index contributed by atoms with van der Waals surface area (Å²) in [5.74, 6) is -0.148. The van der Waals surface area contributed by atoms with E-state index in [0.717, 1.165) is 17.8 Å². The molecule has 0 spiro atoms. The molecule has 3 heterocycles. The summed E-state index contributed by atoms with van der Waals surface area (Å²) in [5.41, 5.74) is 0.425. The van der Waals surface area contributed by atoms with Crippen LogP contribution < -0.4 is 5.32 Å². The third kappa shape index (κ3) is 5.65. The molecule has 2 fully saturated rings. The molecule has 1 saturated heterocycles. The molecule has 2 aliphatic rings. The van der Waals surface area contributed by atoms with E-state index in [-0.39, 0.29) is 17.8 Å². The van der Waals surface area contributed by atoms with Crippen LogP contribution in [0.1, 0.15) is 42.6 Å². The van der Waals surface area contributed by atoms with Crippen molar-refractivity contribution in [1.29, 1.82) is 0 Å². The van der Waals surface area contributed by atoms with E-state index >= 15 is 0 Å². The molecule has 2 aromatic heterocycles. The van der Waals surface area contributed by atoms with Crippen LogP contribution in [-0.4, -0.2) is 61.7 Å². The lowest BCUT2D eigenvalue weighted by molar-refractivity contribution is -0.143. The Kier molecular flexibility index (Phi) is 7.10. The first-order chi connectivity index (χ1) is 18.1. The van der Waals surface area contributed by atoms with Crippen LogP contribution >= 0.6 is 0 Å². The summed E-state index contributed by atoms with van der Waals surface area (Å²) < 4.78 is 46.1. The first-order valence-corrected chi connectivity index (χ1v) is 12.5. The van der Waals surface area contributed by atoms with Crippen LogP contribution in [0.5, 0.6) is 0 Å². The normalized spacial score (nSPS) is 22.3. The number of imidazole rings is 1. The number of nitrogens with one attached hydrogen (secondary N) is 1. The van der Waals surface area contributed by atoms with Crippen LogP contribution in [0.3, 0.4) is 0 Å². The van der Waals surface area contributed by atoms with Gasteiger partial charge in [0.25, 0.3) is 0 Å². The smallest absolute Gasteiger partial charge is 0.383 e. The highest BCUT2D eigenvalue weighted by Crippen LogP contribution is 2.40. The first kappa shape index (κ1) is 26.1. The lowest BCUT2D eigenvalue weighted by atomic mass is 9.77. The number of aryl methyl sites for hydroxylation is 1. The van der Waals surface area contributed by atoms with Crippen LogP contribution in [0.2, 0.25) is 0 Å². The van der Waals surface area contributed by atoms with Crippen molar-refractivity contribution in [2.75, 3.05) is 31.6 Å². The fourth-order valence-corrected chi connectivity index (χ4v) is 5.03. The van der Waals surface area contributed by atoms with Crippen molar-refractivity contribution in [3.05, 3.63) is 59.9 Å². The SMILES string of the molecule is Cc1cc(Nc2nccc(C(F)(F)F)n2)cc(-n2cnc(C3(O)CCC(C(=O)N4CCOCC4)CC3)c2)c1. The van der Waals surface area contributed by atoms with Gasteiger partial charge in [0.15, 0.2) is 0 Å². The Bertz CT molecular complexity index is 1300. The molecule has 12 heteroatoms. The number of carbonyl (C=O) groups excluding carboxylic acids is 1. The zero-order valence-electron chi connectivity index (χ0n) is 20.9. The second-order valence-electron chi connectivity index (χ2n) is 9.86. The number of aromatic nitrogens is 4. The third-order valence-electron chi connectivity index (χ3n) is 7.11. The lowest BCUT2D eigenvalue weighted by Gasteiger charge is -2.37. The maximum atomic E-state index is 13.0. The highest BCUT2D eigenvalue weighted by atomic mass is 19.4. The molecule has 9 nitrogen and oxygen atoms in total. The second-order valence-corrected chi connectivity index (χ2v) is 9.86. The van der Waals surface area contributed by atoms with Crippen LogP contribution in [0, 0.1) is 12.8 Å². The molecule has 5 rings (SSSR count). The Morgan fingerprint density at radius 1 is 1.16 bits per heavy atom. The average Bonchev–Trinajstić information content (AvgIpc) is 3.40. The Morgan fingerprint density at radius 3 is 2.61 bits per heavy atom. The van der Waals surface area contributed by atoms with Crippen LogP contribution in [0.4, 0.5) is 24.8 Å². The average molecular weight is 531 g/mol. The van der Waals surface area contributed by atoms with Gasteiger partial charge in [0.05, 0.1) is 25.2 Å². The first-order valence-electron chi connectivity index (χ1n) is 12.5. The number of hydrogen-bond acceptors (Lipinski definition) is 7. The Hall–Kier alpha value is -3.51. The maximum absolute atomic E-state index is 13.0. The predicted octanol–water partition coefficient (Wildman–Crippen LogP) is 3.97. The van der Waals surface area contributed by atoms with Crippen molar-refractivity contribution < 1.29 is 27.8 Å². The van der Waals surface area contributed by atoms with Crippen molar-refractivity contribution >= 4 is 17.5 Å². The molecule has 3 aromatic rings. The van der Waals surface area contributed by atoms with Crippen molar-refractivity contribution in [3.8, 4) is 5.69 Å². The van der Waals surface area contributed by atoms with Crippen molar-refractivity contribution in [2.45, 2.75) is 44.4 Å². The number of halogens is 3. The van der Waals surface area contributed by atoms with E-state index in [2.05, 4.69) is 20.3 Å².